The van der Waals surface area contributed by atoms with Crippen molar-refractivity contribution < 1.29 is 4.79 Å². The van der Waals surface area contributed by atoms with Crippen LogP contribution in [0.15, 0.2) is 42.5 Å². The summed E-state index contributed by atoms with van der Waals surface area (Å²) in [6.07, 6.45) is 0. The zero-order valence-corrected chi connectivity index (χ0v) is 11.1. The summed E-state index contributed by atoms with van der Waals surface area (Å²) in [4.78, 5) is 12.3. The van der Waals surface area contributed by atoms with E-state index in [9.17, 15) is 4.79 Å². The fourth-order valence-electron chi connectivity index (χ4n) is 2.17. The van der Waals surface area contributed by atoms with Gasteiger partial charge >= 0.3 is 0 Å². The largest absolute Gasteiger partial charge is 0.305 e. The first-order valence-electron chi connectivity index (χ1n) is 6.37. The molecule has 18 heavy (non-hydrogen) atoms. The lowest BCUT2D eigenvalue weighted by atomic mass is 10.0. The van der Waals surface area contributed by atoms with E-state index in [0.717, 1.165) is 10.9 Å². The molecule has 0 heterocycles. The minimum atomic E-state index is -0.147. The van der Waals surface area contributed by atoms with E-state index in [1.54, 1.807) is 0 Å². The SMILES string of the molecule is CC(C)N[C@H](C)C(=O)c1ccc2ccccc2c1. The Morgan fingerprint density at radius 1 is 1.00 bits per heavy atom. The third kappa shape index (κ3) is 2.77. The smallest absolute Gasteiger partial charge is 0.179 e. The van der Waals surface area contributed by atoms with Gasteiger partial charge in [-0.1, -0.05) is 50.2 Å². The molecule has 0 spiro atoms. The third-order valence-electron chi connectivity index (χ3n) is 3.01. The summed E-state index contributed by atoms with van der Waals surface area (Å²) in [5.74, 6) is 0.148. The van der Waals surface area contributed by atoms with Crippen molar-refractivity contribution in [3.05, 3.63) is 48.0 Å². The summed E-state index contributed by atoms with van der Waals surface area (Å²) in [7, 11) is 0. The Balaban J connectivity index is 2.28. The molecule has 0 aliphatic heterocycles. The van der Waals surface area contributed by atoms with Crippen LogP contribution in [0.4, 0.5) is 0 Å². The molecule has 2 aromatic carbocycles. The van der Waals surface area contributed by atoms with Crippen LogP contribution in [0.25, 0.3) is 10.8 Å². The number of hydrogen-bond donors (Lipinski definition) is 1. The van der Waals surface area contributed by atoms with Crippen molar-refractivity contribution in [1.82, 2.24) is 5.32 Å². The van der Waals surface area contributed by atoms with Crippen LogP contribution < -0.4 is 5.32 Å². The van der Waals surface area contributed by atoms with Gasteiger partial charge in [-0.25, -0.2) is 0 Å². The van der Waals surface area contributed by atoms with Crippen LogP contribution in [-0.2, 0) is 0 Å². The van der Waals surface area contributed by atoms with Gasteiger partial charge in [0.2, 0.25) is 0 Å². The molecular formula is C16H19NO. The number of carbonyl (C=O) groups excluding carboxylic acids is 1. The highest BCUT2D eigenvalue weighted by molar-refractivity contribution is 6.02. The lowest BCUT2D eigenvalue weighted by Crippen LogP contribution is -2.38. The topological polar surface area (TPSA) is 29.1 Å². The maximum atomic E-state index is 12.3. The maximum absolute atomic E-state index is 12.3. The van der Waals surface area contributed by atoms with Gasteiger partial charge in [0.15, 0.2) is 5.78 Å². The Morgan fingerprint density at radius 3 is 2.33 bits per heavy atom. The summed E-state index contributed by atoms with van der Waals surface area (Å²) in [6, 6.07) is 14.1. The van der Waals surface area contributed by atoms with E-state index in [2.05, 4.69) is 11.4 Å². The van der Waals surface area contributed by atoms with Crippen LogP contribution in [0.1, 0.15) is 31.1 Å². The van der Waals surface area contributed by atoms with Crippen LogP contribution >= 0.6 is 0 Å². The highest BCUT2D eigenvalue weighted by Gasteiger charge is 2.15. The number of hydrogen-bond acceptors (Lipinski definition) is 2. The molecule has 0 aliphatic rings. The Hall–Kier alpha value is -1.67. The number of Topliss-reactive ketones (excluding diaryl/α,β-unsaturated/α-hetero) is 1. The quantitative estimate of drug-likeness (QED) is 0.831. The number of ketones is 1. The van der Waals surface area contributed by atoms with Crippen molar-refractivity contribution in [2.24, 2.45) is 0 Å². The standard InChI is InChI=1S/C16H19NO/c1-11(2)17-12(3)16(18)15-9-8-13-6-4-5-7-14(13)10-15/h4-12,17H,1-3H3/t12-/m1/s1. The summed E-state index contributed by atoms with van der Waals surface area (Å²) >= 11 is 0. The second-order valence-electron chi connectivity index (χ2n) is 4.97. The second kappa shape index (κ2) is 5.32. The molecule has 0 saturated carbocycles. The van der Waals surface area contributed by atoms with Crippen molar-refractivity contribution in [3.63, 3.8) is 0 Å². The highest BCUT2D eigenvalue weighted by atomic mass is 16.1. The molecular weight excluding hydrogens is 222 g/mol. The van der Waals surface area contributed by atoms with Crippen molar-refractivity contribution in [2.75, 3.05) is 0 Å². The summed E-state index contributed by atoms with van der Waals surface area (Å²) in [5.41, 5.74) is 0.773. The van der Waals surface area contributed by atoms with Crippen LogP contribution in [0.2, 0.25) is 0 Å². The Morgan fingerprint density at radius 2 is 1.67 bits per heavy atom. The second-order valence-corrected chi connectivity index (χ2v) is 4.97. The Bertz CT molecular complexity index is 560. The van der Waals surface area contributed by atoms with Gasteiger partial charge in [-0.2, -0.15) is 0 Å². The van der Waals surface area contributed by atoms with E-state index in [4.69, 9.17) is 0 Å². The highest BCUT2D eigenvalue weighted by Crippen LogP contribution is 2.16. The molecule has 2 nitrogen and oxygen atoms in total. The first-order chi connectivity index (χ1) is 8.58. The molecule has 1 N–H and O–H groups in total. The van der Waals surface area contributed by atoms with Crippen molar-refractivity contribution in [3.8, 4) is 0 Å². The van der Waals surface area contributed by atoms with Crippen molar-refractivity contribution >= 4 is 16.6 Å². The zero-order valence-electron chi connectivity index (χ0n) is 11.1. The predicted molar refractivity (Wildman–Crippen MR) is 76.0 cm³/mol. The number of carbonyl (C=O) groups is 1. The van der Waals surface area contributed by atoms with Gasteiger partial charge in [-0.05, 0) is 23.8 Å². The lowest BCUT2D eigenvalue weighted by Gasteiger charge is -2.15. The molecule has 2 rings (SSSR count). The van der Waals surface area contributed by atoms with E-state index in [0.29, 0.717) is 6.04 Å². The van der Waals surface area contributed by atoms with Gasteiger partial charge in [-0.3, -0.25) is 4.79 Å². The molecule has 0 aromatic heterocycles. The Labute approximate surface area is 108 Å². The molecule has 0 saturated heterocycles. The molecule has 2 heteroatoms. The molecule has 0 amide bonds. The van der Waals surface area contributed by atoms with E-state index >= 15 is 0 Å². The van der Waals surface area contributed by atoms with Gasteiger partial charge in [0.25, 0.3) is 0 Å². The van der Waals surface area contributed by atoms with Gasteiger partial charge in [0.05, 0.1) is 6.04 Å². The fourth-order valence-corrected chi connectivity index (χ4v) is 2.17. The normalized spacial score (nSPS) is 12.9. The summed E-state index contributed by atoms with van der Waals surface area (Å²) < 4.78 is 0. The van der Waals surface area contributed by atoms with Gasteiger partial charge in [0, 0.05) is 11.6 Å². The molecule has 1 atom stereocenters. The number of fused-ring (bicyclic) bond motifs is 1. The summed E-state index contributed by atoms with van der Waals surface area (Å²) in [6.45, 7) is 6.01. The first kappa shape index (κ1) is 12.8. The summed E-state index contributed by atoms with van der Waals surface area (Å²) in [5, 5.41) is 5.52. The number of rotatable bonds is 4. The molecule has 0 unspecified atom stereocenters. The van der Waals surface area contributed by atoms with Gasteiger partial charge < -0.3 is 5.32 Å². The fraction of sp³-hybridized carbons (Fsp3) is 0.312. The molecule has 0 aliphatic carbocycles. The third-order valence-corrected chi connectivity index (χ3v) is 3.01. The minimum Gasteiger partial charge on any atom is -0.305 e. The van der Waals surface area contributed by atoms with Crippen molar-refractivity contribution in [2.45, 2.75) is 32.9 Å². The molecule has 94 valence electrons. The number of nitrogens with one attached hydrogen (secondary N) is 1. The monoisotopic (exact) mass is 241 g/mol. The lowest BCUT2D eigenvalue weighted by molar-refractivity contribution is 0.0946. The van der Waals surface area contributed by atoms with Gasteiger partial charge in [-0.15, -0.1) is 0 Å². The molecule has 0 fully saturated rings. The Kier molecular flexibility index (Phi) is 3.78. The maximum Gasteiger partial charge on any atom is 0.179 e. The van der Waals surface area contributed by atoms with Gasteiger partial charge in [0.1, 0.15) is 0 Å². The average Bonchev–Trinajstić information content (AvgIpc) is 2.36. The van der Waals surface area contributed by atoms with Crippen LogP contribution in [0.5, 0.6) is 0 Å². The molecule has 0 bridgehead atoms. The molecule has 0 radical (unpaired) electrons. The van der Waals surface area contributed by atoms with Crippen LogP contribution in [0, 0.1) is 0 Å². The van der Waals surface area contributed by atoms with Crippen molar-refractivity contribution in [1.29, 1.82) is 0 Å². The van der Waals surface area contributed by atoms with Crippen LogP contribution in [0.3, 0.4) is 0 Å². The van der Waals surface area contributed by atoms with Crippen LogP contribution in [-0.4, -0.2) is 17.9 Å². The number of benzene rings is 2. The first-order valence-corrected chi connectivity index (χ1v) is 6.37. The molecule has 2 aromatic rings. The van der Waals surface area contributed by atoms with E-state index in [1.165, 1.54) is 5.39 Å². The van der Waals surface area contributed by atoms with E-state index in [-0.39, 0.29) is 11.8 Å². The van der Waals surface area contributed by atoms with E-state index in [1.807, 2.05) is 57.2 Å². The van der Waals surface area contributed by atoms with E-state index < -0.39 is 0 Å². The minimum absolute atomic E-state index is 0.147. The zero-order chi connectivity index (χ0) is 13.1. The predicted octanol–water partition coefficient (Wildman–Crippen LogP) is 3.41. The average molecular weight is 241 g/mol.